The number of ether oxygens (including phenoxy) is 3. The van der Waals surface area contributed by atoms with Gasteiger partial charge in [0, 0.05) is 18.7 Å². The van der Waals surface area contributed by atoms with Gasteiger partial charge in [0.05, 0.1) is 27.2 Å². The summed E-state index contributed by atoms with van der Waals surface area (Å²) in [5, 5.41) is 14.9. The van der Waals surface area contributed by atoms with Gasteiger partial charge in [-0.2, -0.15) is 0 Å². The molecule has 1 N–H and O–H groups in total. The van der Waals surface area contributed by atoms with Crippen LogP contribution in [0.2, 0.25) is 0 Å². The van der Waals surface area contributed by atoms with Gasteiger partial charge in [0.1, 0.15) is 5.75 Å². The van der Waals surface area contributed by atoms with Gasteiger partial charge in [0.2, 0.25) is 5.69 Å². The molecule has 9 nitrogen and oxygen atoms in total. The number of benzene rings is 2. The number of rotatable bonds is 8. The summed E-state index contributed by atoms with van der Waals surface area (Å²) in [5.74, 6) is 1.19. The Kier molecular flexibility index (Phi) is 6.18. The standard InChI is InChI=1S/C20H21N3O6/c1-26-15-7-5-14(6-8-15)23-18(20(25)29-22-23)19(24)21-11-10-13-4-9-16(27-2)17(12-13)28-3/h4-9,12H,10-11H2,1-3H3,(H-,21,22,24,25). The molecule has 0 spiro atoms. The minimum Gasteiger partial charge on any atom is -0.854 e. The summed E-state index contributed by atoms with van der Waals surface area (Å²) < 4.78 is 21.6. The summed E-state index contributed by atoms with van der Waals surface area (Å²) in [6.45, 7) is 0.196. The molecule has 1 heterocycles. The number of hydrogen-bond donors (Lipinski definition) is 1. The van der Waals surface area contributed by atoms with Crippen molar-refractivity contribution in [3.05, 3.63) is 64.1 Å². The lowest BCUT2D eigenvalue weighted by Crippen LogP contribution is -2.44. The Morgan fingerprint density at radius 3 is 2.45 bits per heavy atom. The first-order valence-electron chi connectivity index (χ1n) is 8.78. The molecule has 0 unspecified atom stereocenters. The van der Waals surface area contributed by atoms with Crippen LogP contribution in [-0.4, -0.2) is 39.0 Å². The third-order valence-electron chi connectivity index (χ3n) is 4.28. The minimum atomic E-state index is -0.791. The first kappa shape index (κ1) is 20.0. The monoisotopic (exact) mass is 399 g/mol. The van der Waals surface area contributed by atoms with Crippen LogP contribution in [0.3, 0.4) is 0 Å². The van der Waals surface area contributed by atoms with Gasteiger partial charge >= 0.3 is 11.3 Å². The minimum absolute atomic E-state index is 0.196. The van der Waals surface area contributed by atoms with Crippen molar-refractivity contribution in [2.24, 2.45) is 4.99 Å². The number of aromatic nitrogens is 2. The van der Waals surface area contributed by atoms with Crippen LogP contribution < -0.4 is 29.6 Å². The van der Waals surface area contributed by atoms with E-state index in [-0.39, 0.29) is 12.2 Å². The van der Waals surface area contributed by atoms with E-state index in [0.717, 1.165) is 5.56 Å². The Labute approximate surface area is 166 Å². The first-order valence-corrected chi connectivity index (χ1v) is 8.78. The zero-order valence-electron chi connectivity index (χ0n) is 16.3. The number of aliphatic imine (C=N–C) groups is 1. The quantitative estimate of drug-likeness (QED) is 0.338. The molecule has 0 saturated carbocycles. The summed E-state index contributed by atoms with van der Waals surface area (Å²) in [5.41, 5.74) is 0.460. The molecule has 3 aromatic rings. The van der Waals surface area contributed by atoms with E-state index in [4.69, 9.17) is 18.7 Å². The lowest BCUT2D eigenvalue weighted by molar-refractivity contribution is -0.673. The van der Waals surface area contributed by atoms with E-state index in [1.54, 1.807) is 51.7 Å². The second-order valence-corrected chi connectivity index (χ2v) is 5.99. The number of methoxy groups -OCH3 is 3. The van der Waals surface area contributed by atoms with Crippen LogP contribution >= 0.6 is 0 Å². The van der Waals surface area contributed by atoms with Crippen LogP contribution in [0.5, 0.6) is 17.2 Å². The molecule has 9 heteroatoms. The van der Waals surface area contributed by atoms with Crippen molar-refractivity contribution in [2.45, 2.75) is 6.42 Å². The Balaban J connectivity index is 1.78. The molecule has 29 heavy (non-hydrogen) atoms. The molecule has 1 aromatic heterocycles. The Morgan fingerprint density at radius 1 is 1.07 bits per heavy atom. The molecule has 2 aromatic carbocycles. The molecule has 0 fully saturated rings. The summed E-state index contributed by atoms with van der Waals surface area (Å²) >= 11 is 0. The Hall–Kier alpha value is -3.75. The molecule has 0 aliphatic carbocycles. The highest BCUT2D eigenvalue weighted by atomic mass is 16.5. The highest BCUT2D eigenvalue weighted by molar-refractivity contribution is 5.86. The number of nitrogens with one attached hydrogen (secondary N) is 1. The number of nitrogens with zero attached hydrogens (tertiary/aromatic N) is 2. The zero-order chi connectivity index (χ0) is 20.8. The van der Waals surface area contributed by atoms with Crippen LogP contribution in [0.1, 0.15) is 11.3 Å². The number of H-pyrrole nitrogens is 1. The molecule has 0 amide bonds. The summed E-state index contributed by atoms with van der Waals surface area (Å²) in [4.78, 5) is 16.0. The first-order chi connectivity index (χ1) is 14.1. The van der Waals surface area contributed by atoms with Gasteiger partial charge in [-0.1, -0.05) is 6.07 Å². The second-order valence-electron chi connectivity index (χ2n) is 5.99. The molecule has 3 rings (SSSR count). The summed E-state index contributed by atoms with van der Waals surface area (Å²) in [6, 6.07) is 12.3. The van der Waals surface area contributed by atoms with E-state index >= 15 is 0 Å². The molecule has 0 saturated heterocycles. The smallest absolute Gasteiger partial charge is 0.436 e. The van der Waals surface area contributed by atoms with E-state index in [0.29, 0.717) is 29.4 Å². The van der Waals surface area contributed by atoms with E-state index in [9.17, 15) is 9.90 Å². The van der Waals surface area contributed by atoms with Gasteiger partial charge in [0.25, 0.3) is 0 Å². The summed E-state index contributed by atoms with van der Waals surface area (Å²) in [6.07, 6.45) is 0.490. The highest BCUT2D eigenvalue weighted by Gasteiger charge is 2.23. The third kappa shape index (κ3) is 4.40. The van der Waals surface area contributed by atoms with Crippen molar-refractivity contribution in [3.63, 3.8) is 0 Å². The molecular formula is C20H21N3O6. The lowest BCUT2D eigenvalue weighted by Gasteiger charge is -2.09. The number of aromatic amines is 1. The van der Waals surface area contributed by atoms with Crippen molar-refractivity contribution < 1.29 is 28.5 Å². The maximum atomic E-state index is 12.5. The molecule has 0 atom stereocenters. The van der Waals surface area contributed by atoms with E-state index in [1.165, 1.54) is 4.68 Å². The molecule has 0 bridgehead atoms. The average molecular weight is 399 g/mol. The topological polar surface area (TPSA) is 113 Å². The van der Waals surface area contributed by atoms with E-state index in [1.807, 2.05) is 12.1 Å². The average Bonchev–Trinajstić information content (AvgIpc) is 3.15. The molecule has 0 aliphatic heterocycles. The fourth-order valence-electron chi connectivity index (χ4n) is 2.77. The highest BCUT2D eigenvalue weighted by Crippen LogP contribution is 2.27. The van der Waals surface area contributed by atoms with Crippen molar-refractivity contribution in [1.29, 1.82) is 0 Å². The van der Waals surface area contributed by atoms with Gasteiger partial charge in [-0.15, -0.1) is 0 Å². The predicted octanol–water partition coefficient (Wildman–Crippen LogP) is 0.620. The normalized spacial score (nSPS) is 11.3. The molecule has 0 aliphatic rings. The Morgan fingerprint density at radius 2 is 1.79 bits per heavy atom. The van der Waals surface area contributed by atoms with Gasteiger partial charge in [-0.05, 0) is 46.2 Å². The largest absolute Gasteiger partial charge is 0.854 e. The zero-order valence-corrected chi connectivity index (χ0v) is 16.3. The predicted molar refractivity (Wildman–Crippen MR) is 102 cm³/mol. The maximum absolute atomic E-state index is 12.5. The van der Waals surface area contributed by atoms with Crippen LogP contribution in [0, 0.1) is 0 Å². The second kappa shape index (κ2) is 8.96. The van der Waals surface area contributed by atoms with Gasteiger partial charge in [0.15, 0.2) is 11.5 Å². The van der Waals surface area contributed by atoms with Crippen LogP contribution in [0.25, 0.3) is 5.69 Å². The fourth-order valence-corrected chi connectivity index (χ4v) is 2.77. The van der Waals surface area contributed by atoms with Gasteiger partial charge < -0.3 is 19.3 Å². The number of hydrogen-bond acceptors (Lipinski definition) is 7. The SMILES string of the molecule is COc1ccc(-[n+]2[nH]oc(=O)c2C([O-])=NCCc2ccc(OC)c(OC)c2)cc1. The van der Waals surface area contributed by atoms with E-state index in [2.05, 4.69) is 10.3 Å². The van der Waals surface area contributed by atoms with Crippen molar-refractivity contribution in [2.75, 3.05) is 27.9 Å². The van der Waals surface area contributed by atoms with Crippen LogP contribution in [-0.2, 0) is 6.42 Å². The summed E-state index contributed by atoms with van der Waals surface area (Å²) in [7, 11) is 4.67. The Bertz CT molecular complexity index is 1050. The molecule has 0 radical (unpaired) electrons. The van der Waals surface area contributed by atoms with Crippen molar-refractivity contribution in [1.82, 2.24) is 5.27 Å². The van der Waals surface area contributed by atoms with Crippen molar-refractivity contribution >= 4 is 5.90 Å². The van der Waals surface area contributed by atoms with Gasteiger partial charge in [-0.3, -0.25) is 9.52 Å². The van der Waals surface area contributed by atoms with Crippen LogP contribution in [0.4, 0.5) is 0 Å². The lowest BCUT2D eigenvalue weighted by atomic mass is 10.1. The maximum Gasteiger partial charge on any atom is 0.436 e. The third-order valence-corrected chi connectivity index (χ3v) is 4.28. The molecular weight excluding hydrogens is 378 g/mol. The van der Waals surface area contributed by atoms with Crippen molar-refractivity contribution in [3.8, 4) is 22.9 Å². The fraction of sp³-hybridized carbons (Fsp3) is 0.250. The van der Waals surface area contributed by atoms with Crippen LogP contribution in [0.15, 0.2) is 56.8 Å². The molecule has 152 valence electrons. The van der Waals surface area contributed by atoms with Gasteiger partial charge in [-0.25, -0.2) is 4.79 Å². The van der Waals surface area contributed by atoms with E-state index < -0.39 is 11.5 Å².